The lowest BCUT2D eigenvalue weighted by Crippen LogP contribution is -2.11. The fourth-order valence-corrected chi connectivity index (χ4v) is 3.37. The molecule has 0 bridgehead atoms. The molecule has 4 rings (SSSR count). The first-order chi connectivity index (χ1) is 13.5. The van der Waals surface area contributed by atoms with E-state index in [1.54, 1.807) is 28.9 Å². The molecule has 2 heterocycles. The molecule has 0 radical (unpaired) electrons. The first kappa shape index (κ1) is 18.3. The second-order valence-corrected chi connectivity index (χ2v) is 7.35. The van der Waals surface area contributed by atoms with Gasteiger partial charge in [-0.15, -0.1) is 5.10 Å². The summed E-state index contributed by atoms with van der Waals surface area (Å²) < 4.78 is 6.06. The Morgan fingerprint density at radius 1 is 1.14 bits per heavy atom. The van der Waals surface area contributed by atoms with Gasteiger partial charge in [0.25, 0.3) is 5.91 Å². The minimum atomic E-state index is -0.278. The molecule has 28 heavy (non-hydrogen) atoms. The maximum Gasteiger partial charge on any atom is 0.257 e. The Balaban J connectivity index is 1.56. The van der Waals surface area contributed by atoms with Gasteiger partial charge in [-0.2, -0.15) is 9.36 Å². The van der Waals surface area contributed by atoms with Crippen molar-refractivity contribution in [3.63, 3.8) is 0 Å². The van der Waals surface area contributed by atoms with Gasteiger partial charge in [0.05, 0.1) is 11.4 Å². The van der Waals surface area contributed by atoms with E-state index in [-0.39, 0.29) is 5.91 Å². The molecule has 2 aromatic carbocycles. The Morgan fingerprint density at radius 3 is 2.68 bits per heavy atom. The van der Waals surface area contributed by atoms with Crippen LogP contribution in [-0.4, -0.2) is 30.3 Å². The molecule has 0 aliphatic carbocycles. The van der Waals surface area contributed by atoms with Gasteiger partial charge >= 0.3 is 0 Å². The van der Waals surface area contributed by atoms with Crippen LogP contribution in [-0.2, 0) is 0 Å². The van der Waals surface area contributed by atoms with Crippen molar-refractivity contribution in [3.05, 3.63) is 70.4 Å². The fraction of sp³-hybridized carbons (Fsp3) is 0.105. The van der Waals surface area contributed by atoms with E-state index in [0.717, 1.165) is 28.5 Å². The summed E-state index contributed by atoms with van der Waals surface area (Å²) >= 11 is 6.94. The van der Waals surface area contributed by atoms with Crippen molar-refractivity contribution in [1.29, 1.82) is 0 Å². The van der Waals surface area contributed by atoms with Crippen molar-refractivity contribution in [2.24, 2.45) is 0 Å². The zero-order valence-corrected chi connectivity index (χ0v) is 16.6. The highest BCUT2D eigenvalue weighted by Crippen LogP contribution is 2.24. The summed E-state index contributed by atoms with van der Waals surface area (Å²) in [6.45, 7) is 3.93. The number of anilines is 1. The van der Waals surface area contributed by atoms with E-state index in [1.807, 2.05) is 38.1 Å². The minimum absolute atomic E-state index is 0.278. The lowest BCUT2D eigenvalue weighted by atomic mass is 10.2. The number of carbonyl (C=O) groups excluding carboxylic acids is 1. The smallest absolute Gasteiger partial charge is 0.257 e. The molecule has 0 saturated heterocycles. The quantitative estimate of drug-likeness (QED) is 0.541. The Bertz CT molecular complexity index is 1150. The van der Waals surface area contributed by atoms with Gasteiger partial charge in [0.1, 0.15) is 0 Å². The standard InChI is InChI=1S/C19H15ClN6OS/c1-11-4-3-5-15(10-11)26-12(2)16(23-25-26)17-21-19(28-24-17)22-18(27)13-6-8-14(20)9-7-13/h3-10H,1-2H3,(H,21,22,24,27). The summed E-state index contributed by atoms with van der Waals surface area (Å²) in [5.74, 6) is 0.146. The average molecular weight is 411 g/mol. The van der Waals surface area contributed by atoms with Crippen LogP contribution in [0, 0.1) is 13.8 Å². The topological polar surface area (TPSA) is 85.6 Å². The van der Waals surface area contributed by atoms with E-state index in [2.05, 4.69) is 25.0 Å². The van der Waals surface area contributed by atoms with Crippen molar-refractivity contribution in [2.45, 2.75) is 13.8 Å². The third kappa shape index (κ3) is 3.64. The van der Waals surface area contributed by atoms with Gasteiger partial charge in [0.15, 0.2) is 11.5 Å². The number of rotatable bonds is 4. The second kappa shape index (κ2) is 7.49. The van der Waals surface area contributed by atoms with Crippen LogP contribution in [0.5, 0.6) is 0 Å². The predicted molar refractivity (Wildman–Crippen MR) is 109 cm³/mol. The Morgan fingerprint density at radius 2 is 1.93 bits per heavy atom. The van der Waals surface area contributed by atoms with Crippen LogP contribution in [0.25, 0.3) is 17.2 Å². The van der Waals surface area contributed by atoms with Gasteiger partial charge in [0, 0.05) is 22.1 Å². The highest BCUT2D eigenvalue weighted by Gasteiger charge is 2.18. The highest BCUT2D eigenvalue weighted by molar-refractivity contribution is 7.10. The molecule has 0 atom stereocenters. The highest BCUT2D eigenvalue weighted by atomic mass is 35.5. The maximum atomic E-state index is 12.3. The van der Waals surface area contributed by atoms with Gasteiger partial charge in [-0.05, 0) is 55.8 Å². The molecule has 0 spiro atoms. The Kier molecular flexibility index (Phi) is 4.89. The van der Waals surface area contributed by atoms with E-state index in [1.165, 1.54) is 0 Å². The maximum absolute atomic E-state index is 12.3. The summed E-state index contributed by atoms with van der Waals surface area (Å²) in [7, 11) is 0. The van der Waals surface area contributed by atoms with Crippen LogP contribution in [0.2, 0.25) is 5.02 Å². The number of nitrogens with zero attached hydrogens (tertiary/aromatic N) is 5. The number of nitrogens with one attached hydrogen (secondary N) is 1. The SMILES string of the molecule is Cc1cccc(-n2nnc(-c3nsc(NC(=O)c4ccc(Cl)cc4)n3)c2C)c1. The monoisotopic (exact) mass is 410 g/mol. The third-order valence-electron chi connectivity index (χ3n) is 4.11. The molecule has 0 unspecified atom stereocenters. The number of halogens is 1. The molecular weight excluding hydrogens is 396 g/mol. The molecule has 0 aliphatic rings. The van der Waals surface area contributed by atoms with Crippen LogP contribution >= 0.6 is 23.1 Å². The van der Waals surface area contributed by atoms with E-state index < -0.39 is 0 Å². The second-order valence-electron chi connectivity index (χ2n) is 6.16. The van der Waals surface area contributed by atoms with Crippen molar-refractivity contribution >= 4 is 34.2 Å². The number of benzene rings is 2. The molecule has 1 N–H and O–H groups in total. The third-order valence-corrected chi connectivity index (χ3v) is 4.99. The van der Waals surface area contributed by atoms with Crippen molar-refractivity contribution in [3.8, 4) is 17.2 Å². The number of hydrogen-bond acceptors (Lipinski definition) is 6. The largest absolute Gasteiger partial charge is 0.297 e. The van der Waals surface area contributed by atoms with Crippen molar-refractivity contribution < 1.29 is 4.79 Å². The summed E-state index contributed by atoms with van der Waals surface area (Å²) in [5.41, 5.74) is 3.93. The number of amides is 1. The molecule has 1 amide bonds. The number of carbonyl (C=O) groups is 1. The molecule has 4 aromatic rings. The van der Waals surface area contributed by atoms with Gasteiger partial charge in [-0.3, -0.25) is 10.1 Å². The molecule has 0 fully saturated rings. The van der Waals surface area contributed by atoms with E-state index in [0.29, 0.717) is 27.2 Å². The molecule has 7 nitrogen and oxygen atoms in total. The molecular formula is C19H15ClN6OS. The van der Waals surface area contributed by atoms with Crippen molar-refractivity contribution in [2.75, 3.05) is 5.32 Å². The lowest BCUT2D eigenvalue weighted by molar-refractivity contribution is 0.102. The van der Waals surface area contributed by atoms with Crippen LogP contribution in [0.3, 0.4) is 0 Å². The van der Waals surface area contributed by atoms with Gasteiger partial charge < -0.3 is 0 Å². The summed E-state index contributed by atoms with van der Waals surface area (Å²) in [5, 5.41) is 12.1. The lowest BCUT2D eigenvalue weighted by Gasteiger charge is -2.03. The predicted octanol–water partition coefficient (Wildman–Crippen LogP) is 4.31. The minimum Gasteiger partial charge on any atom is -0.297 e. The molecule has 9 heteroatoms. The fourth-order valence-electron chi connectivity index (χ4n) is 2.68. The molecule has 0 saturated carbocycles. The number of hydrogen-bond donors (Lipinski definition) is 1. The molecule has 2 aromatic heterocycles. The number of aromatic nitrogens is 5. The van der Waals surface area contributed by atoms with Gasteiger partial charge in [-0.1, -0.05) is 28.9 Å². The summed E-state index contributed by atoms with van der Waals surface area (Å²) in [6.07, 6.45) is 0. The summed E-state index contributed by atoms with van der Waals surface area (Å²) in [4.78, 5) is 16.7. The van der Waals surface area contributed by atoms with Crippen LogP contribution in [0.15, 0.2) is 48.5 Å². The summed E-state index contributed by atoms with van der Waals surface area (Å²) in [6, 6.07) is 14.6. The first-order valence-electron chi connectivity index (χ1n) is 8.41. The van der Waals surface area contributed by atoms with E-state index in [9.17, 15) is 4.79 Å². The van der Waals surface area contributed by atoms with E-state index in [4.69, 9.17) is 11.6 Å². The Labute approximate surface area is 170 Å². The Hall–Kier alpha value is -3.10. The van der Waals surface area contributed by atoms with Crippen LogP contribution in [0.4, 0.5) is 5.13 Å². The zero-order valence-electron chi connectivity index (χ0n) is 15.0. The van der Waals surface area contributed by atoms with Crippen molar-refractivity contribution in [1.82, 2.24) is 24.4 Å². The normalized spacial score (nSPS) is 10.8. The first-order valence-corrected chi connectivity index (χ1v) is 9.57. The average Bonchev–Trinajstić information content (AvgIpc) is 3.28. The zero-order chi connectivity index (χ0) is 19.7. The van der Waals surface area contributed by atoms with Crippen LogP contribution in [0.1, 0.15) is 21.6 Å². The number of aryl methyl sites for hydroxylation is 1. The van der Waals surface area contributed by atoms with Gasteiger partial charge in [0.2, 0.25) is 5.13 Å². The van der Waals surface area contributed by atoms with Crippen LogP contribution < -0.4 is 5.32 Å². The van der Waals surface area contributed by atoms with E-state index >= 15 is 0 Å². The van der Waals surface area contributed by atoms with Gasteiger partial charge in [-0.25, -0.2) is 4.68 Å². The molecule has 140 valence electrons. The molecule has 0 aliphatic heterocycles.